The Bertz CT molecular complexity index is 185. The van der Waals surface area contributed by atoms with Crippen molar-refractivity contribution in [2.45, 2.75) is 52.1 Å². The molecule has 1 fully saturated rings. The van der Waals surface area contributed by atoms with Crippen molar-refractivity contribution in [1.82, 2.24) is 0 Å². The zero-order valence-electron chi connectivity index (χ0n) is 9.75. The average Bonchev–Trinajstić information content (AvgIpc) is 2.42. The highest BCUT2D eigenvalue weighted by molar-refractivity contribution is 4.92. The van der Waals surface area contributed by atoms with E-state index in [2.05, 4.69) is 20.1 Å². The minimum absolute atomic E-state index is 0.0648. The van der Waals surface area contributed by atoms with E-state index in [4.69, 9.17) is 9.47 Å². The van der Waals surface area contributed by atoms with Crippen LogP contribution in [-0.2, 0) is 9.47 Å². The number of rotatable bonds is 2. The first-order valence-corrected chi connectivity index (χ1v) is 5.06. The molecule has 2 atom stereocenters. The van der Waals surface area contributed by atoms with E-state index in [0.717, 1.165) is 6.42 Å². The molecule has 0 spiro atoms. The van der Waals surface area contributed by atoms with Crippen LogP contribution >= 0.6 is 0 Å². The van der Waals surface area contributed by atoms with Crippen LogP contribution in [0, 0.1) is 0 Å². The molecule has 0 N–H and O–H groups in total. The van der Waals surface area contributed by atoms with Gasteiger partial charge in [-0.3, -0.25) is 0 Å². The summed E-state index contributed by atoms with van der Waals surface area (Å²) in [6.45, 7) is 14.9. The van der Waals surface area contributed by atoms with E-state index < -0.39 is 5.79 Å². The second-order valence-corrected chi connectivity index (χ2v) is 3.69. The molecule has 2 nitrogen and oxygen atoms in total. The van der Waals surface area contributed by atoms with Crippen molar-refractivity contribution < 1.29 is 9.47 Å². The van der Waals surface area contributed by atoms with Crippen molar-refractivity contribution in [3.8, 4) is 0 Å². The van der Waals surface area contributed by atoms with Gasteiger partial charge in [-0.1, -0.05) is 19.1 Å². The van der Waals surface area contributed by atoms with Crippen molar-refractivity contribution in [1.29, 1.82) is 0 Å². The zero-order chi connectivity index (χ0) is 11.2. The van der Waals surface area contributed by atoms with Crippen LogP contribution in [-0.4, -0.2) is 18.0 Å². The van der Waals surface area contributed by atoms with E-state index in [-0.39, 0.29) is 12.2 Å². The molecule has 1 unspecified atom stereocenters. The molecular weight excluding hydrogens is 176 g/mol. The zero-order valence-corrected chi connectivity index (χ0v) is 9.75. The molecule has 1 aliphatic heterocycles. The second-order valence-electron chi connectivity index (χ2n) is 3.69. The standard InChI is InChI=1S/C9H16O2.C3H6/c1-5-7-8(6-2)11-9(3,4)10-7;1-3-2/h5,7-8H,1,6H2,2-4H3;3H,1H2,2H3/t7-,8?;/m0./s1. The largest absolute Gasteiger partial charge is 0.344 e. The molecular formula is C12H22O2. The van der Waals surface area contributed by atoms with E-state index >= 15 is 0 Å². The van der Waals surface area contributed by atoms with Crippen LogP contribution < -0.4 is 0 Å². The first kappa shape index (κ1) is 13.4. The minimum Gasteiger partial charge on any atom is -0.344 e. The molecule has 0 bridgehead atoms. The molecule has 1 saturated heterocycles. The van der Waals surface area contributed by atoms with Gasteiger partial charge in [-0.25, -0.2) is 0 Å². The average molecular weight is 198 g/mol. The van der Waals surface area contributed by atoms with Crippen LogP contribution in [0.3, 0.4) is 0 Å². The predicted octanol–water partition coefficient (Wildman–Crippen LogP) is 3.29. The van der Waals surface area contributed by atoms with Gasteiger partial charge in [-0.15, -0.1) is 13.2 Å². The maximum absolute atomic E-state index is 5.61. The fourth-order valence-corrected chi connectivity index (χ4v) is 1.38. The molecule has 0 saturated carbocycles. The Kier molecular flexibility index (Phi) is 5.73. The molecule has 0 aliphatic carbocycles. The first-order chi connectivity index (χ1) is 6.50. The van der Waals surface area contributed by atoms with Crippen LogP contribution in [0.5, 0.6) is 0 Å². The Balaban J connectivity index is 0.000000500. The van der Waals surface area contributed by atoms with Crippen LogP contribution in [0.25, 0.3) is 0 Å². The summed E-state index contributed by atoms with van der Waals surface area (Å²) in [5.41, 5.74) is 0. The molecule has 82 valence electrons. The lowest BCUT2D eigenvalue weighted by molar-refractivity contribution is -0.143. The van der Waals surface area contributed by atoms with Crippen molar-refractivity contribution in [2.24, 2.45) is 0 Å². The molecule has 1 heterocycles. The fraction of sp³-hybridized carbons (Fsp3) is 0.667. The lowest BCUT2D eigenvalue weighted by Crippen LogP contribution is -2.21. The lowest BCUT2D eigenvalue weighted by atomic mass is 10.1. The lowest BCUT2D eigenvalue weighted by Gasteiger charge is -2.16. The minimum atomic E-state index is -0.431. The quantitative estimate of drug-likeness (QED) is 0.634. The summed E-state index contributed by atoms with van der Waals surface area (Å²) in [5.74, 6) is -0.431. The third-order valence-electron chi connectivity index (χ3n) is 1.86. The summed E-state index contributed by atoms with van der Waals surface area (Å²) in [4.78, 5) is 0. The highest BCUT2D eigenvalue weighted by atomic mass is 16.7. The number of allylic oxidation sites excluding steroid dienone is 1. The highest BCUT2D eigenvalue weighted by Crippen LogP contribution is 2.29. The number of hydrogen-bond acceptors (Lipinski definition) is 2. The predicted molar refractivity (Wildman–Crippen MR) is 60.2 cm³/mol. The van der Waals surface area contributed by atoms with E-state index in [1.54, 1.807) is 6.08 Å². The van der Waals surface area contributed by atoms with Gasteiger partial charge in [-0.2, -0.15) is 0 Å². The van der Waals surface area contributed by atoms with E-state index in [0.29, 0.717) is 0 Å². The van der Waals surface area contributed by atoms with Gasteiger partial charge in [0.1, 0.15) is 6.10 Å². The van der Waals surface area contributed by atoms with Gasteiger partial charge in [0.05, 0.1) is 6.10 Å². The molecule has 1 aliphatic rings. The normalized spacial score (nSPS) is 28.9. The molecule has 0 aromatic carbocycles. The summed E-state index contributed by atoms with van der Waals surface area (Å²) in [5, 5.41) is 0. The molecule has 14 heavy (non-hydrogen) atoms. The van der Waals surface area contributed by atoms with E-state index in [1.165, 1.54) is 0 Å². The summed E-state index contributed by atoms with van der Waals surface area (Å²) in [6.07, 6.45) is 4.78. The molecule has 0 aromatic rings. The maximum Gasteiger partial charge on any atom is 0.164 e. The highest BCUT2D eigenvalue weighted by Gasteiger charge is 2.38. The summed E-state index contributed by atoms with van der Waals surface area (Å²) in [7, 11) is 0. The van der Waals surface area contributed by atoms with Gasteiger partial charge in [0.15, 0.2) is 5.79 Å². The molecule has 2 heteroatoms. The van der Waals surface area contributed by atoms with Gasteiger partial charge in [0, 0.05) is 0 Å². The van der Waals surface area contributed by atoms with Crippen LogP contribution in [0.4, 0.5) is 0 Å². The monoisotopic (exact) mass is 198 g/mol. The Morgan fingerprint density at radius 3 is 2.07 bits per heavy atom. The van der Waals surface area contributed by atoms with E-state index in [9.17, 15) is 0 Å². The van der Waals surface area contributed by atoms with E-state index in [1.807, 2.05) is 26.8 Å². The van der Waals surface area contributed by atoms with Crippen LogP contribution in [0.2, 0.25) is 0 Å². The fourth-order valence-electron chi connectivity index (χ4n) is 1.38. The summed E-state index contributed by atoms with van der Waals surface area (Å²) < 4.78 is 11.2. The van der Waals surface area contributed by atoms with Crippen molar-refractivity contribution in [2.75, 3.05) is 0 Å². The molecule has 0 radical (unpaired) electrons. The van der Waals surface area contributed by atoms with Crippen LogP contribution in [0.15, 0.2) is 25.3 Å². The number of hydrogen-bond donors (Lipinski definition) is 0. The SMILES string of the molecule is C=CC.C=C[C@@H]1OC(C)(C)OC1CC. The smallest absolute Gasteiger partial charge is 0.164 e. The van der Waals surface area contributed by atoms with Gasteiger partial charge in [0.2, 0.25) is 0 Å². The third-order valence-corrected chi connectivity index (χ3v) is 1.86. The Labute approximate surface area is 87.6 Å². The van der Waals surface area contributed by atoms with Crippen molar-refractivity contribution in [3.63, 3.8) is 0 Å². The topological polar surface area (TPSA) is 18.5 Å². The Hall–Kier alpha value is -0.600. The van der Waals surface area contributed by atoms with Gasteiger partial charge < -0.3 is 9.47 Å². The molecule has 0 aromatic heterocycles. The van der Waals surface area contributed by atoms with Gasteiger partial charge in [-0.05, 0) is 27.2 Å². The number of ether oxygens (including phenoxy) is 2. The van der Waals surface area contributed by atoms with Gasteiger partial charge >= 0.3 is 0 Å². The Morgan fingerprint density at radius 2 is 1.79 bits per heavy atom. The summed E-state index contributed by atoms with van der Waals surface area (Å²) >= 11 is 0. The molecule has 0 amide bonds. The van der Waals surface area contributed by atoms with Gasteiger partial charge in [0.25, 0.3) is 0 Å². The van der Waals surface area contributed by atoms with Crippen molar-refractivity contribution in [3.05, 3.63) is 25.3 Å². The third kappa shape index (κ3) is 4.07. The maximum atomic E-state index is 5.61. The van der Waals surface area contributed by atoms with Crippen LogP contribution in [0.1, 0.15) is 34.1 Å². The van der Waals surface area contributed by atoms with Crippen molar-refractivity contribution >= 4 is 0 Å². The Morgan fingerprint density at radius 1 is 1.29 bits per heavy atom. The first-order valence-electron chi connectivity index (χ1n) is 5.06. The second kappa shape index (κ2) is 5.99. The summed E-state index contributed by atoms with van der Waals surface area (Å²) in [6, 6.07) is 0. The molecule has 1 rings (SSSR count).